The van der Waals surface area contributed by atoms with Crippen LogP contribution in [0.3, 0.4) is 0 Å². The second-order valence-electron chi connectivity index (χ2n) is 12.9. The second-order valence-corrected chi connectivity index (χ2v) is 27.5. The maximum absolute atomic E-state index is 12.9. The fraction of sp³-hybridized carbons (Fsp3) is 0.568. The van der Waals surface area contributed by atoms with Gasteiger partial charge in [-0.1, -0.05) is 0 Å². The molecule has 1 aromatic rings. The van der Waals surface area contributed by atoms with Crippen LogP contribution in [-0.2, 0) is 23.8 Å². The zero-order valence-corrected chi connectivity index (χ0v) is 32.8. The number of unbranched alkanes of at least 4 members (excludes halogenated alkanes) is 3. The van der Waals surface area contributed by atoms with Crippen LogP contribution in [0.4, 0.5) is 13.2 Å². The zero-order chi connectivity index (χ0) is 35.4. The number of alkyl halides is 3. The molecule has 0 radical (unpaired) electrons. The number of ether oxygens (including phenoxy) is 3. The molecule has 0 spiro atoms. The van der Waals surface area contributed by atoms with Crippen molar-refractivity contribution in [2.45, 2.75) is 123 Å². The second kappa shape index (κ2) is 18.2. The summed E-state index contributed by atoms with van der Waals surface area (Å²) in [5.74, 6) is 5.29. The third-order valence-electron chi connectivity index (χ3n) is 8.63. The monoisotopic (exact) mass is 800 g/mol. The Morgan fingerprint density at radius 3 is 2.25 bits per heavy atom. The number of hydrogen-bond acceptors (Lipinski definition) is 6. The van der Waals surface area contributed by atoms with Gasteiger partial charge in [0.05, 0.1) is 0 Å². The van der Waals surface area contributed by atoms with Gasteiger partial charge in [-0.15, -0.1) is 0 Å². The fourth-order valence-corrected chi connectivity index (χ4v) is 20.6. The molecule has 0 saturated carbocycles. The summed E-state index contributed by atoms with van der Waals surface area (Å²) in [4.78, 5) is 0. The molecular weight excluding hydrogens is 748 g/mol. The van der Waals surface area contributed by atoms with Crippen LogP contribution in [0.25, 0.3) is 6.08 Å². The van der Waals surface area contributed by atoms with Crippen LogP contribution in [0.1, 0.15) is 103 Å². The molecule has 1 aliphatic heterocycles. The number of methoxy groups -OCH3 is 1. The van der Waals surface area contributed by atoms with Gasteiger partial charge in [-0.05, 0) is 18.9 Å². The van der Waals surface area contributed by atoms with Gasteiger partial charge in [0.15, 0.2) is 0 Å². The third kappa shape index (κ3) is 11.4. The van der Waals surface area contributed by atoms with Gasteiger partial charge in [-0.2, -0.15) is 21.6 Å². The van der Waals surface area contributed by atoms with Gasteiger partial charge in [0.25, 0.3) is 0 Å². The van der Waals surface area contributed by atoms with Crippen LogP contribution in [0.15, 0.2) is 57.9 Å². The molecule has 0 N–H and O–H groups in total. The number of hydrogen-bond donors (Lipinski definition) is 0. The quantitative estimate of drug-likeness (QED) is 0.0545. The van der Waals surface area contributed by atoms with Crippen LogP contribution in [0.5, 0.6) is 5.75 Å². The van der Waals surface area contributed by atoms with Crippen molar-refractivity contribution in [2.75, 3.05) is 7.11 Å². The van der Waals surface area contributed by atoms with Crippen molar-refractivity contribution in [1.29, 1.82) is 0 Å². The normalized spacial score (nSPS) is 20.8. The van der Waals surface area contributed by atoms with Gasteiger partial charge in [0, 0.05) is 0 Å². The van der Waals surface area contributed by atoms with Crippen LogP contribution in [0.2, 0.25) is 13.3 Å². The molecule has 2 aliphatic rings. The van der Waals surface area contributed by atoms with Gasteiger partial charge in [-0.25, -0.2) is 0 Å². The van der Waals surface area contributed by atoms with Crippen molar-refractivity contribution in [3.05, 3.63) is 69.1 Å². The Kier molecular flexibility index (Phi) is 15.2. The summed E-state index contributed by atoms with van der Waals surface area (Å²) in [6, 6.07) is 5.75. The maximum atomic E-state index is 12.9. The first-order valence-electron chi connectivity index (χ1n) is 17.0. The molecule has 3 rings (SSSR count). The van der Waals surface area contributed by atoms with Crippen molar-refractivity contribution < 1.29 is 40.0 Å². The molecule has 1 aliphatic carbocycles. The van der Waals surface area contributed by atoms with Crippen molar-refractivity contribution >= 4 is 34.6 Å². The molecule has 6 nitrogen and oxygen atoms in total. The van der Waals surface area contributed by atoms with E-state index in [1.807, 2.05) is 18.2 Å². The average molecular weight is 800 g/mol. The molecule has 0 aromatic heterocycles. The van der Waals surface area contributed by atoms with E-state index in [2.05, 4.69) is 59.1 Å². The molecule has 2 atom stereocenters. The summed E-state index contributed by atoms with van der Waals surface area (Å²) in [5.41, 5.74) is -3.49. The standard InChI is InChI=1S/C25H24F3O6S.3C4H9.Sn/c1-5-6-9-18-16-19(31-4)14-15-20(18)23-22(32-24(2,3)33-23)13-8-11-17-10-7-12-21(17)34-35(29,30)25(26,27)28;3*1-3-4-2;/h1,5-6,9,11-12,14-16,22-23H,7,10H2,2-4H3;3*1,3-4H2,2H3;/b5-1?,9-6+,17-11+;;;;/t22-,23-;;;;/m1..../s1. The molecule has 1 heterocycles. The van der Waals surface area contributed by atoms with E-state index in [-0.39, 0.29) is 11.3 Å². The Morgan fingerprint density at radius 2 is 1.67 bits per heavy atom. The van der Waals surface area contributed by atoms with Gasteiger partial charge in [0.1, 0.15) is 5.76 Å². The average Bonchev–Trinajstić information content (AvgIpc) is 3.60. The number of rotatable bonds is 16. The third-order valence-corrected chi connectivity index (χ3v) is 23.7. The Labute approximate surface area is 289 Å². The molecule has 266 valence electrons. The number of halogens is 3. The van der Waals surface area contributed by atoms with Gasteiger partial charge >= 0.3 is 241 Å². The van der Waals surface area contributed by atoms with E-state index in [1.165, 1.54) is 64.0 Å². The van der Waals surface area contributed by atoms with Crippen LogP contribution < -0.4 is 4.74 Å². The molecule has 0 bridgehead atoms. The van der Waals surface area contributed by atoms with E-state index < -0.39 is 52.0 Å². The molecular formula is C37H51F3O6SSn. The topological polar surface area (TPSA) is 71.1 Å². The van der Waals surface area contributed by atoms with Crippen LogP contribution >= 0.6 is 0 Å². The summed E-state index contributed by atoms with van der Waals surface area (Å²) < 4.78 is 90.9. The van der Waals surface area contributed by atoms with Crippen molar-refractivity contribution in [2.24, 2.45) is 0 Å². The Balaban J connectivity index is 1.91. The van der Waals surface area contributed by atoms with Crippen molar-refractivity contribution in [3.8, 4) is 17.6 Å². The first kappa shape index (κ1) is 40.2. The Hall–Kier alpha value is -2.20. The summed E-state index contributed by atoms with van der Waals surface area (Å²) in [6.45, 7) is 10.4. The molecule has 0 unspecified atom stereocenters. The molecule has 1 fully saturated rings. The van der Waals surface area contributed by atoms with E-state index in [9.17, 15) is 21.6 Å². The Bertz CT molecular complexity index is 1490. The minimum absolute atomic E-state index is 0.267. The van der Waals surface area contributed by atoms with Crippen LogP contribution in [-0.4, -0.2) is 51.3 Å². The minimum atomic E-state index is -5.78. The summed E-state index contributed by atoms with van der Waals surface area (Å²) >= 11 is -2.46. The van der Waals surface area contributed by atoms with E-state index in [0.717, 1.165) is 11.1 Å². The van der Waals surface area contributed by atoms with E-state index >= 15 is 0 Å². The van der Waals surface area contributed by atoms with Crippen molar-refractivity contribution in [3.63, 3.8) is 0 Å². The molecule has 1 saturated heterocycles. The first-order chi connectivity index (χ1) is 22.7. The molecule has 11 heteroatoms. The van der Waals surface area contributed by atoms with E-state index in [1.54, 1.807) is 21.0 Å². The van der Waals surface area contributed by atoms with Gasteiger partial charge < -0.3 is 4.18 Å². The van der Waals surface area contributed by atoms with Crippen LogP contribution in [0, 0.1) is 11.8 Å². The zero-order valence-electron chi connectivity index (χ0n) is 29.1. The van der Waals surface area contributed by atoms with Crippen molar-refractivity contribution in [1.82, 2.24) is 0 Å². The number of benzene rings is 1. The first-order valence-corrected chi connectivity index (χ1v) is 26.1. The number of allylic oxidation sites excluding steroid dienone is 5. The Morgan fingerprint density at radius 1 is 1.02 bits per heavy atom. The summed E-state index contributed by atoms with van der Waals surface area (Å²) in [6.07, 6.45) is 16.0. The predicted octanol–water partition coefficient (Wildman–Crippen LogP) is 10.3. The molecule has 1 aromatic carbocycles. The molecule has 0 amide bonds. The summed E-state index contributed by atoms with van der Waals surface area (Å²) in [5, 5.41) is 0. The fourth-order valence-electron chi connectivity index (χ4n) is 6.03. The SMILES string of the molecule is CCC[CH2][Sn](/[CH]=C/C=C/c1cc(OC)ccc1[C@H]1OC(C)(C)O[C@@H]1C#C/C=C1\CCC=C1OS(=O)(=O)C(F)(F)F)([CH2]CCC)[CH2]CCC. The van der Waals surface area contributed by atoms with Gasteiger partial charge in [0.2, 0.25) is 0 Å². The van der Waals surface area contributed by atoms with E-state index in [4.69, 9.17) is 14.2 Å². The predicted molar refractivity (Wildman–Crippen MR) is 188 cm³/mol. The summed E-state index contributed by atoms with van der Waals surface area (Å²) in [7, 11) is -4.16. The molecule has 48 heavy (non-hydrogen) atoms. The van der Waals surface area contributed by atoms with Gasteiger partial charge in [-0.3, -0.25) is 0 Å². The van der Waals surface area contributed by atoms with E-state index in [0.29, 0.717) is 18.6 Å².